The third kappa shape index (κ3) is 4.57. The van der Waals surface area contributed by atoms with Gasteiger partial charge in [0.1, 0.15) is 6.04 Å². The summed E-state index contributed by atoms with van der Waals surface area (Å²) in [6.07, 6.45) is 1.82. The van der Waals surface area contributed by atoms with Gasteiger partial charge in [-0.05, 0) is 12.8 Å². The monoisotopic (exact) mass is 406 g/mol. The zero-order valence-electron chi connectivity index (χ0n) is 17.8. The number of amides is 2. The Morgan fingerprint density at radius 3 is 1.97 bits per heavy atom. The standard InChI is InChI=1S/C25H31N3O2/c1-20(29)28-14-8-13-23(19-28)25(30)27-17-15-26(16-18-27)24(21-9-4-2-5-10-21)22-11-6-3-7-12-22/h2-7,9-12,23-24H,8,13-19H2,1H3/p+1/t23-/m0/s1. The SMILES string of the molecule is CC(=O)N1CCC[C@H](C(=O)N2CC[NH+](C(c3ccccc3)c3ccccc3)CC2)C1. The molecule has 0 aromatic heterocycles. The first-order chi connectivity index (χ1) is 14.6. The molecule has 0 bridgehead atoms. The number of piperidine rings is 1. The van der Waals surface area contributed by atoms with Crippen LogP contribution in [0.4, 0.5) is 0 Å². The molecule has 5 heteroatoms. The largest absolute Gasteiger partial charge is 0.342 e. The fraction of sp³-hybridized carbons (Fsp3) is 0.440. The van der Waals surface area contributed by atoms with Crippen molar-refractivity contribution in [2.45, 2.75) is 25.8 Å². The van der Waals surface area contributed by atoms with Crippen molar-refractivity contribution in [2.24, 2.45) is 5.92 Å². The Morgan fingerprint density at radius 2 is 1.43 bits per heavy atom. The van der Waals surface area contributed by atoms with E-state index in [1.807, 2.05) is 9.80 Å². The van der Waals surface area contributed by atoms with Crippen LogP contribution in [-0.2, 0) is 9.59 Å². The summed E-state index contributed by atoms with van der Waals surface area (Å²) in [6.45, 7) is 6.39. The van der Waals surface area contributed by atoms with E-state index in [9.17, 15) is 9.59 Å². The van der Waals surface area contributed by atoms with Crippen LogP contribution in [0.2, 0.25) is 0 Å². The summed E-state index contributed by atoms with van der Waals surface area (Å²) in [5.41, 5.74) is 2.64. The van der Waals surface area contributed by atoms with Gasteiger partial charge < -0.3 is 14.7 Å². The number of hydrogen-bond acceptors (Lipinski definition) is 2. The van der Waals surface area contributed by atoms with Gasteiger partial charge in [0.2, 0.25) is 11.8 Å². The number of nitrogens with one attached hydrogen (secondary N) is 1. The van der Waals surface area contributed by atoms with E-state index in [-0.39, 0.29) is 23.8 Å². The van der Waals surface area contributed by atoms with Gasteiger partial charge in [-0.25, -0.2) is 0 Å². The summed E-state index contributed by atoms with van der Waals surface area (Å²) in [4.78, 5) is 30.2. The van der Waals surface area contributed by atoms with E-state index < -0.39 is 0 Å². The Hall–Kier alpha value is -2.66. The lowest BCUT2D eigenvalue weighted by Crippen LogP contribution is -3.15. The Balaban J connectivity index is 1.43. The molecular weight excluding hydrogens is 374 g/mol. The second-order valence-corrected chi connectivity index (χ2v) is 8.54. The maximum atomic E-state index is 13.1. The van der Waals surface area contributed by atoms with E-state index in [1.54, 1.807) is 6.92 Å². The van der Waals surface area contributed by atoms with Gasteiger partial charge in [-0.15, -0.1) is 0 Å². The summed E-state index contributed by atoms with van der Waals surface area (Å²) in [5.74, 6) is 0.273. The fourth-order valence-corrected chi connectivity index (χ4v) is 4.98. The number of carbonyl (C=O) groups excluding carboxylic acids is 2. The normalized spacial score (nSPS) is 20.4. The minimum atomic E-state index is -0.0387. The molecule has 2 saturated heterocycles. The van der Waals surface area contributed by atoms with Crippen molar-refractivity contribution in [1.29, 1.82) is 0 Å². The topological polar surface area (TPSA) is 45.1 Å². The predicted molar refractivity (Wildman–Crippen MR) is 117 cm³/mol. The first kappa shape index (κ1) is 20.6. The molecule has 2 aliphatic rings. The van der Waals surface area contributed by atoms with E-state index in [4.69, 9.17) is 0 Å². The molecule has 0 radical (unpaired) electrons. The van der Waals surface area contributed by atoms with E-state index >= 15 is 0 Å². The zero-order chi connectivity index (χ0) is 20.9. The van der Waals surface area contributed by atoms with Crippen molar-refractivity contribution in [3.05, 3.63) is 71.8 Å². The Labute approximate surface area is 179 Å². The van der Waals surface area contributed by atoms with Gasteiger partial charge in [0, 0.05) is 31.1 Å². The van der Waals surface area contributed by atoms with Crippen LogP contribution in [0.3, 0.4) is 0 Å². The molecule has 1 N–H and O–H groups in total. The first-order valence-corrected chi connectivity index (χ1v) is 11.1. The van der Waals surface area contributed by atoms with Crippen LogP contribution in [0.1, 0.15) is 36.9 Å². The average molecular weight is 407 g/mol. The zero-order valence-corrected chi connectivity index (χ0v) is 17.8. The van der Waals surface area contributed by atoms with Crippen molar-refractivity contribution in [2.75, 3.05) is 39.3 Å². The molecule has 1 atom stereocenters. The minimum absolute atomic E-state index is 0.0387. The van der Waals surface area contributed by atoms with Crippen LogP contribution >= 0.6 is 0 Å². The summed E-state index contributed by atoms with van der Waals surface area (Å²) >= 11 is 0. The Morgan fingerprint density at radius 1 is 0.867 bits per heavy atom. The molecule has 5 nitrogen and oxygen atoms in total. The lowest BCUT2D eigenvalue weighted by atomic mass is 9.95. The van der Waals surface area contributed by atoms with Crippen molar-refractivity contribution < 1.29 is 14.5 Å². The van der Waals surface area contributed by atoms with Crippen LogP contribution < -0.4 is 4.90 Å². The number of quaternary nitrogens is 1. The van der Waals surface area contributed by atoms with Crippen molar-refractivity contribution in [3.63, 3.8) is 0 Å². The molecule has 30 heavy (non-hydrogen) atoms. The van der Waals surface area contributed by atoms with E-state index in [0.717, 1.165) is 45.6 Å². The van der Waals surface area contributed by atoms with Crippen molar-refractivity contribution >= 4 is 11.8 Å². The third-order valence-corrected chi connectivity index (χ3v) is 6.61. The number of rotatable bonds is 4. The Bertz CT molecular complexity index is 808. The maximum absolute atomic E-state index is 13.1. The second kappa shape index (κ2) is 9.43. The van der Waals surface area contributed by atoms with Gasteiger partial charge in [-0.1, -0.05) is 60.7 Å². The second-order valence-electron chi connectivity index (χ2n) is 8.54. The average Bonchev–Trinajstić information content (AvgIpc) is 2.81. The van der Waals surface area contributed by atoms with Crippen LogP contribution in [-0.4, -0.2) is 60.9 Å². The highest BCUT2D eigenvalue weighted by atomic mass is 16.2. The van der Waals surface area contributed by atoms with Gasteiger partial charge in [0.15, 0.2) is 0 Å². The predicted octanol–water partition coefficient (Wildman–Crippen LogP) is 1.76. The molecule has 158 valence electrons. The molecule has 2 amide bonds. The molecule has 0 unspecified atom stereocenters. The minimum Gasteiger partial charge on any atom is -0.342 e. The number of likely N-dealkylation sites (tertiary alicyclic amines) is 1. The Kier molecular flexibility index (Phi) is 6.48. The third-order valence-electron chi connectivity index (χ3n) is 6.61. The quantitative estimate of drug-likeness (QED) is 0.841. The number of piperazine rings is 1. The molecule has 2 aromatic carbocycles. The van der Waals surface area contributed by atoms with E-state index in [1.165, 1.54) is 16.0 Å². The van der Waals surface area contributed by atoms with Gasteiger partial charge in [-0.2, -0.15) is 0 Å². The molecule has 0 saturated carbocycles. The van der Waals surface area contributed by atoms with Gasteiger partial charge >= 0.3 is 0 Å². The van der Waals surface area contributed by atoms with Crippen LogP contribution in [0.25, 0.3) is 0 Å². The fourth-order valence-electron chi connectivity index (χ4n) is 4.98. The van der Waals surface area contributed by atoms with E-state index in [0.29, 0.717) is 6.54 Å². The van der Waals surface area contributed by atoms with Crippen LogP contribution in [0.15, 0.2) is 60.7 Å². The molecule has 4 rings (SSSR count). The molecule has 2 aromatic rings. The molecule has 0 spiro atoms. The smallest absolute Gasteiger partial charge is 0.227 e. The molecular formula is C25H32N3O2+. The van der Waals surface area contributed by atoms with Crippen molar-refractivity contribution in [1.82, 2.24) is 9.80 Å². The number of carbonyl (C=O) groups is 2. The van der Waals surface area contributed by atoms with Crippen LogP contribution in [0.5, 0.6) is 0 Å². The van der Waals surface area contributed by atoms with E-state index in [2.05, 4.69) is 60.7 Å². The summed E-state index contributed by atoms with van der Waals surface area (Å²) < 4.78 is 0. The molecule has 2 aliphatic heterocycles. The summed E-state index contributed by atoms with van der Waals surface area (Å²) in [7, 11) is 0. The van der Waals surface area contributed by atoms with Crippen LogP contribution in [0, 0.1) is 5.92 Å². The maximum Gasteiger partial charge on any atom is 0.227 e. The highest BCUT2D eigenvalue weighted by Crippen LogP contribution is 2.21. The first-order valence-electron chi connectivity index (χ1n) is 11.1. The molecule has 2 heterocycles. The van der Waals surface area contributed by atoms with Gasteiger partial charge in [0.05, 0.1) is 32.1 Å². The van der Waals surface area contributed by atoms with Gasteiger partial charge in [-0.3, -0.25) is 9.59 Å². The number of nitrogens with zero attached hydrogens (tertiary/aromatic N) is 2. The highest BCUT2D eigenvalue weighted by molar-refractivity contribution is 5.80. The highest BCUT2D eigenvalue weighted by Gasteiger charge is 2.35. The molecule has 0 aliphatic carbocycles. The summed E-state index contributed by atoms with van der Waals surface area (Å²) in [5, 5.41) is 0. The van der Waals surface area contributed by atoms with Crippen molar-refractivity contribution in [3.8, 4) is 0 Å². The number of hydrogen-bond donors (Lipinski definition) is 1. The molecule has 2 fully saturated rings. The summed E-state index contributed by atoms with van der Waals surface area (Å²) in [6, 6.07) is 21.7. The van der Waals surface area contributed by atoms with Gasteiger partial charge in [0.25, 0.3) is 0 Å². The lowest BCUT2D eigenvalue weighted by Gasteiger charge is -2.39. The lowest BCUT2D eigenvalue weighted by molar-refractivity contribution is -0.929. The number of benzene rings is 2.